The lowest BCUT2D eigenvalue weighted by atomic mass is 10.1. The fourth-order valence-corrected chi connectivity index (χ4v) is 3.85. The number of nitrogens with zero attached hydrogens (tertiary/aromatic N) is 3. The molecule has 2 aromatic carbocycles. The third kappa shape index (κ3) is 4.13. The largest absolute Gasteiger partial charge is 0.353 e. The van der Waals surface area contributed by atoms with E-state index in [2.05, 4.69) is 48.3 Å². The smallest absolute Gasteiger partial charge is 0.251 e. The van der Waals surface area contributed by atoms with Gasteiger partial charge in [0.2, 0.25) is 5.91 Å². The molecule has 1 N–H and O–H groups in total. The van der Waals surface area contributed by atoms with Crippen molar-refractivity contribution >= 4 is 28.5 Å². The normalized spacial score (nSPS) is 14.1. The molecule has 1 fully saturated rings. The summed E-state index contributed by atoms with van der Waals surface area (Å²) in [7, 11) is 0. The Kier molecular flexibility index (Phi) is 5.65. The van der Waals surface area contributed by atoms with Gasteiger partial charge >= 0.3 is 0 Å². The Hall–Kier alpha value is -3.41. The van der Waals surface area contributed by atoms with Crippen molar-refractivity contribution < 1.29 is 9.59 Å². The van der Waals surface area contributed by atoms with Crippen molar-refractivity contribution in [3.63, 3.8) is 0 Å². The second-order valence-corrected chi connectivity index (χ2v) is 7.68. The van der Waals surface area contributed by atoms with Gasteiger partial charge in [-0.2, -0.15) is 0 Å². The van der Waals surface area contributed by atoms with Gasteiger partial charge in [-0.3, -0.25) is 9.59 Å². The van der Waals surface area contributed by atoms with Crippen LogP contribution < -0.4 is 10.2 Å². The molecule has 3 aromatic rings. The standard InChI is InChI=1S/C24H26N4O2/c1-17-7-6-10-20-18(2)15-21(26-23(17)20)27-11-13-28(14-12-27)22(29)16-25-24(30)19-8-4-3-5-9-19/h3-10,15H,11-14,16H2,1-2H3,(H,25,30). The Labute approximate surface area is 176 Å². The van der Waals surface area contributed by atoms with Crippen molar-refractivity contribution in [1.82, 2.24) is 15.2 Å². The van der Waals surface area contributed by atoms with E-state index in [0.29, 0.717) is 18.7 Å². The monoisotopic (exact) mass is 402 g/mol. The van der Waals surface area contributed by atoms with E-state index in [1.807, 2.05) is 6.07 Å². The molecule has 0 atom stereocenters. The van der Waals surface area contributed by atoms with Crippen LogP contribution in [0, 0.1) is 13.8 Å². The van der Waals surface area contributed by atoms with Crippen LogP contribution in [0.15, 0.2) is 54.6 Å². The fourth-order valence-electron chi connectivity index (χ4n) is 3.85. The number of aromatic nitrogens is 1. The molecule has 0 saturated carbocycles. The average molecular weight is 402 g/mol. The molecular weight excluding hydrogens is 376 g/mol. The molecular formula is C24H26N4O2. The number of rotatable bonds is 4. The van der Waals surface area contributed by atoms with Crippen LogP contribution in [0.1, 0.15) is 21.5 Å². The lowest BCUT2D eigenvalue weighted by Crippen LogP contribution is -2.51. The Balaban J connectivity index is 1.36. The van der Waals surface area contributed by atoms with Crippen LogP contribution >= 0.6 is 0 Å². The number of carbonyl (C=O) groups excluding carboxylic acids is 2. The van der Waals surface area contributed by atoms with Crippen molar-refractivity contribution in [2.24, 2.45) is 0 Å². The summed E-state index contributed by atoms with van der Waals surface area (Å²) >= 11 is 0. The highest BCUT2D eigenvalue weighted by Crippen LogP contribution is 2.25. The molecule has 6 heteroatoms. The number of carbonyl (C=O) groups is 2. The summed E-state index contributed by atoms with van der Waals surface area (Å²) in [5, 5.41) is 3.90. The highest BCUT2D eigenvalue weighted by Gasteiger charge is 2.23. The van der Waals surface area contributed by atoms with Crippen molar-refractivity contribution in [2.75, 3.05) is 37.6 Å². The zero-order valence-corrected chi connectivity index (χ0v) is 17.4. The summed E-state index contributed by atoms with van der Waals surface area (Å²) in [5.41, 5.74) is 3.97. The van der Waals surface area contributed by atoms with Crippen LogP contribution in [0.3, 0.4) is 0 Å². The number of anilines is 1. The molecule has 0 unspecified atom stereocenters. The van der Waals surface area contributed by atoms with Gasteiger partial charge in [0.05, 0.1) is 12.1 Å². The Morgan fingerprint density at radius 3 is 2.40 bits per heavy atom. The van der Waals surface area contributed by atoms with Crippen LogP contribution in [0.2, 0.25) is 0 Å². The maximum atomic E-state index is 12.5. The van der Waals surface area contributed by atoms with E-state index in [0.717, 1.165) is 24.4 Å². The minimum absolute atomic E-state index is 0.0141. The average Bonchev–Trinajstić information content (AvgIpc) is 2.78. The molecule has 0 radical (unpaired) electrons. The van der Waals surface area contributed by atoms with E-state index in [-0.39, 0.29) is 18.4 Å². The third-order valence-corrected chi connectivity index (χ3v) is 5.63. The zero-order chi connectivity index (χ0) is 21.1. The molecule has 2 amide bonds. The summed E-state index contributed by atoms with van der Waals surface area (Å²) in [5.74, 6) is 0.671. The number of pyridine rings is 1. The number of hydrogen-bond acceptors (Lipinski definition) is 4. The summed E-state index contributed by atoms with van der Waals surface area (Å²) < 4.78 is 0. The third-order valence-electron chi connectivity index (χ3n) is 5.63. The number of aryl methyl sites for hydroxylation is 2. The minimum atomic E-state index is -0.228. The molecule has 4 rings (SSSR count). The van der Waals surface area contributed by atoms with Crippen molar-refractivity contribution in [2.45, 2.75) is 13.8 Å². The van der Waals surface area contributed by atoms with E-state index < -0.39 is 0 Å². The summed E-state index contributed by atoms with van der Waals surface area (Å²) in [4.78, 5) is 33.6. The van der Waals surface area contributed by atoms with Crippen LogP contribution in [-0.4, -0.2) is 54.4 Å². The van der Waals surface area contributed by atoms with E-state index in [4.69, 9.17) is 4.98 Å². The lowest BCUT2D eigenvalue weighted by Gasteiger charge is -2.35. The molecule has 1 saturated heterocycles. The predicted molar refractivity (Wildman–Crippen MR) is 119 cm³/mol. The van der Waals surface area contributed by atoms with E-state index >= 15 is 0 Å². The maximum absolute atomic E-state index is 12.5. The van der Waals surface area contributed by atoms with Gasteiger partial charge in [-0.05, 0) is 43.2 Å². The van der Waals surface area contributed by atoms with Gasteiger partial charge in [-0.15, -0.1) is 0 Å². The first-order valence-corrected chi connectivity index (χ1v) is 10.3. The van der Waals surface area contributed by atoms with Crippen LogP contribution in [0.4, 0.5) is 5.82 Å². The molecule has 2 heterocycles. The van der Waals surface area contributed by atoms with Crippen LogP contribution in [-0.2, 0) is 4.79 Å². The number of fused-ring (bicyclic) bond motifs is 1. The highest BCUT2D eigenvalue weighted by atomic mass is 16.2. The second kappa shape index (κ2) is 8.53. The lowest BCUT2D eigenvalue weighted by molar-refractivity contribution is -0.130. The molecule has 1 aromatic heterocycles. The SMILES string of the molecule is Cc1cc(N2CCN(C(=O)CNC(=O)c3ccccc3)CC2)nc2c(C)cccc12. The summed E-state index contributed by atoms with van der Waals surface area (Å²) in [6.07, 6.45) is 0. The molecule has 0 bridgehead atoms. The number of piperazine rings is 1. The first-order valence-electron chi connectivity index (χ1n) is 10.3. The van der Waals surface area contributed by atoms with Crippen molar-refractivity contribution in [1.29, 1.82) is 0 Å². The molecule has 154 valence electrons. The number of benzene rings is 2. The summed E-state index contributed by atoms with van der Waals surface area (Å²) in [6.45, 7) is 6.89. The Morgan fingerprint density at radius 2 is 1.67 bits per heavy atom. The number of para-hydroxylation sites is 1. The van der Waals surface area contributed by atoms with Gasteiger partial charge < -0.3 is 15.1 Å². The molecule has 1 aliphatic heterocycles. The first kappa shape index (κ1) is 19.9. The Morgan fingerprint density at radius 1 is 0.933 bits per heavy atom. The molecule has 0 spiro atoms. The fraction of sp³-hybridized carbons (Fsp3) is 0.292. The van der Waals surface area contributed by atoms with Gasteiger partial charge in [0, 0.05) is 37.1 Å². The molecule has 0 aliphatic carbocycles. The Bertz CT molecular complexity index is 1070. The van der Waals surface area contributed by atoms with Gasteiger partial charge in [0.25, 0.3) is 5.91 Å². The molecule has 30 heavy (non-hydrogen) atoms. The first-order chi connectivity index (χ1) is 14.5. The van der Waals surface area contributed by atoms with Gasteiger partial charge in [-0.25, -0.2) is 4.98 Å². The van der Waals surface area contributed by atoms with Crippen LogP contribution in [0.5, 0.6) is 0 Å². The quantitative estimate of drug-likeness (QED) is 0.729. The number of nitrogens with one attached hydrogen (secondary N) is 1. The van der Waals surface area contributed by atoms with Gasteiger partial charge in [0.1, 0.15) is 5.82 Å². The topological polar surface area (TPSA) is 65.5 Å². The van der Waals surface area contributed by atoms with Crippen molar-refractivity contribution in [3.8, 4) is 0 Å². The van der Waals surface area contributed by atoms with E-state index in [1.165, 1.54) is 16.5 Å². The minimum Gasteiger partial charge on any atom is -0.353 e. The highest BCUT2D eigenvalue weighted by molar-refractivity contribution is 5.96. The zero-order valence-electron chi connectivity index (χ0n) is 17.4. The second-order valence-electron chi connectivity index (χ2n) is 7.68. The van der Waals surface area contributed by atoms with Gasteiger partial charge in [0.15, 0.2) is 0 Å². The number of amides is 2. The van der Waals surface area contributed by atoms with Gasteiger partial charge in [-0.1, -0.05) is 36.4 Å². The van der Waals surface area contributed by atoms with E-state index in [1.54, 1.807) is 29.2 Å². The van der Waals surface area contributed by atoms with Crippen molar-refractivity contribution in [3.05, 3.63) is 71.3 Å². The summed E-state index contributed by atoms with van der Waals surface area (Å²) in [6, 6.07) is 17.3. The number of hydrogen-bond donors (Lipinski definition) is 1. The maximum Gasteiger partial charge on any atom is 0.251 e. The molecule has 1 aliphatic rings. The van der Waals surface area contributed by atoms with Crippen LogP contribution in [0.25, 0.3) is 10.9 Å². The predicted octanol–water partition coefficient (Wildman–Crippen LogP) is 2.93. The molecule has 6 nitrogen and oxygen atoms in total. The van der Waals surface area contributed by atoms with E-state index in [9.17, 15) is 9.59 Å².